The van der Waals surface area contributed by atoms with Crippen LogP contribution >= 0.6 is 22.7 Å². The number of rotatable bonds is 2. The van der Waals surface area contributed by atoms with Crippen LogP contribution in [0.1, 0.15) is 43.1 Å². The first kappa shape index (κ1) is 39.2. The molecule has 3 aliphatic rings. The van der Waals surface area contributed by atoms with Crippen LogP contribution in [0.4, 0.5) is 0 Å². The molecule has 6 heteroatoms. The van der Waals surface area contributed by atoms with Crippen LogP contribution in [-0.4, -0.2) is 25.3 Å². The second-order valence-corrected chi connectivity index (χ2v) is 31.0. The van der Waals surface area contributed by atoms with Gasteiger partial charge < -0.3 is 9.13 Å². The highest BCUT2D eigenvalue weighted by Crippen LogP contribution is 2.65. The topological polar surface area (TPSA) is 9.86 Å². The van der Waals surface area contributed by atoms with Gasteiger partial charge in [0.05, 0.1) is 32.9 Å². The summed E-state index contributed by atoms with van der Waals surface area (Å²) in [4.78, 5) is 2.87. The maximum atomic E-state index is 2.67. The summed E-state index contributed by atoms with van der Waals surface area (Å²) in [7, 11) is -4.40. The Morgan fingerprint density at radius 3 is 0.853 bits per heavy atom. The van der Waals surface area contributed by atoms with Crippen molar-refractivity contribution in [3.8, 4) is 10.0 Å². The van der Waals surface area contributed by atoms with Gasteiger partial charge in [-0.1, -0.05) is 196 Å². The molecule has 0 bridgehead atoms. The average molecular weight is 939 g/mol. The van der Waals surface area contributed by atoms with Gasteiger partial charge in [0.1, 0.15) is 26.1 Å². The van der Waals surface area contributed by atoms with Gasteiger partial charge in [0, 0.05) is 31.3 Å². The van der Waals surface area contributed by atoms with Crippen molar-refractivity contribution in [1.29, 1.82) is 0 Å². The molecule has 0 N–H and O–H groups in total. The lowest BCUT2D eigenvalue weighted by atomic mass is 9.55. The third-order valence-corrected chi connectivity index (χ3v) is 26.2. The van der Waals surface area contributed by atoms with Gasteiger partial charge in [0.25, 0.3) is 0 Å². The molecule has 68 heavy (non-hydrogen) atoms. The van der Waals surface area contributed by atoms with E-state index in [0.29, 0.717) is 0 Å². The smallest absolute Gasteiger partial charge is 0.113 e. The Labute approximate surface area is 406 Å². The second-order valence-electron chi connectivity index (χ2n) is 20.3. The highest BCUT2D eigenvalue weighted by Gasteiger charge is 2.62. The van der Waals surface area contributed by atoms with Crippen LogP contribution in [0.15, 0.2) is 206 Å². The molecule has 324 valence electrons. The zero-order valence-electron chi connectivity index (χ0n) is 38.3. The van der Waals surface area contributed by atoms with Crippen molar-refractivity contribution < 1.29 is 0 Å². The first-order valence-electron chi connectivity index (χ1n) is 23.9. The molecular formula is C62H46N2S2Si2. The molecule has 2 nitrogen and oxygen atoms in total. The summed E-state index contributed by atoms with van der Waals surface area (Å²) < 4.78 is 5.18. The van der Waals surface area contributed by atoms with Gasteiger partial charge in [-0.05, 0) is 90.5 Å². The summed E-state index contributed by atoms with van der Waals surface area (Å²) in [5, 5.41) is 13.8. The molecule has 15 rings (SSSR count). The van der Waals surface area contributed by atoms with Gasteiger partial charge in [-0.15, -0.1) is 22.7 Å². The molecule has 0 amide bonds. The van der Waals surface area contributed by atoms with Crippen LogP contribution in [0.3, 0.4) is 0 Å². The zero-order valence-corrected chi connectivity index (χ0v) is 42.0. The molecule has 0 saturated heterocycles. The Hall–Kier alpha value is -6.81. The molecule has 0 unspecified atom stereocenters. The second kappa shape index (κ2) is 13.5. The Kier molecular flexibility index (Phi) is 7.76. The third-order valence-electron chi connectivity index (χ3n) is 16.5. The molecular weight excluding hydrogens is 893 g/mol. The van der Waals surface area contributed by atoms with Gasteiger partial charge in [-0.2, -0.15) is 0 Å². The van der Waals surface area contributed by atoms with Crippen molar-refractivity contribution >= 4 is 103 Å². The SMILES string of the molecule is C[Si]1(C)c2ccccc2C2(c3ccccc31)c1cc(-n3c4ccccc4c4ccccc43)sc1C1(c3ccccc3[Si](C)(C)c3ccccc31)c1cc(-n3c4ccccc4c4ccccc43)sc12. The summed E-state index contributed by atoms with van der Waals surface area (Å²) in [6.07, 6.45) is 0. The number of benzene rings is 8. The Bertz CT molecular complexity index is 3620. The summed E-state index contributed by atoms with van der Waals surface area (Å²) in [5.74, 6) is 0. The fourth-order valence-electron chi connectivity index (χ4n) is 13.7. The van der Waals surface area contributed by atoms with Crippen LogP contribution in [0, 0.1) is 0 Å². The summed E-state index contributed by atoms with van der Waals surface area (Å²) in [6.45, 7) is 10.3. The average Bonchev–Trinajstić information content (AvgIpc) is 4.17. The number of thiophene rings is 2. The molecule has 6 heterocycles. The minimum absolute atomic E-state index is 0.602. The van der Waals surface area contributed by atoms with Crippen LogP contribution in [0.25, 0.3) is 53.6 Å². The molecule has 1 aliphatic carbocycles. The van der Waals surface area contributed by atoms with Crippen LogP contribution in [0.5, 0.6) is 0 Å². The fourth-order valence-corrected chi connectivity index (χ4v) is 23.1. The number of nitrogens with zero attached hydrogens (tertiary/aromatic N) is 2. The van der Waals surface area contributed by atoms with E-state index in [1.165, 1.54) is 117 Å². The summed E-state index contributed by atoms with van der Waals surface area (Å²) >= 11 is 4.07. The number of aromatic nitrogens is 2. The van der Waals surface area contributed by atoms with Crippen molar-refractivity contribution in [2.45, 2.75) is 37.0 Å². The fraction of sp³-hybridized carbons (Fsp3) is 0.0968. The normalized spacial score (nSPS) is 16.4. The molecule has 2 spiro atoms. The van der Waals surface area contributed by atoms with Gasteiger partial charge in [0.15, 0.2) is 0 Å². The Balaban J connectivity index is 1.19. The van der Waals surface area contributed by atoms with E-state index in [4.69, 9.17) is 0 Å². The molecule has 4 aromatic heterocycles. The monoisotopic (exact) mass is 938 g/mol. The number of hydrogen-bond acceptors (Lipinski definition) is 2. The van der Waals surface area contributed by atoms with Crippen LogP contribution in [0.2, 0.25) is 26.2 Å². The summed E-state index contributed by atoms with van der Waals surface area (Å²) in [6, 6.07) is 80.0. The molecule has 0 fully saturated rings. The van der Waals surface area contributed by atoms with E-state index in [-0.39, 0.29) is 0 Å². The minimum Gasteiger partial charge on any atom is -0.301 e. The first-order valence-corrected chi connectivity index (χ1v) is 31.6. The Morgan fingerprint density at radius 2 is 0.559 bits per heavy atom. The van der Waals surface area contributed by atoms with Gasteiger partial charge >= 0.3 is 0 Å². The van der Waals surface area contributed by atoms with E-state index in [0.717, 1.165) is 0 Å². The van der Waals surface area contributed by atoms with E-state index in [1.807, 2.05) is 22.7 Å². The van der Waals surface area contributed by atoms with Gasteiger partial charge in [-0.25, -0.2) is 0 Å². The van der Waals surface area contributed by atoms with E-state index in [9.17, 15) is 0 Å². The lowest BCUT2D eigenvalue weighted by molar-refractivity contribution is 0.646. The predicted molar refractivity (Wildman–Crippen MR) is 295 cm³/mol. The maximum absolute atomic E-state index is 2.67. The number of hydrogen-bond donors (Lipinski definition) is 0. The number of para-hydroxylation sites is 4. The third kappa shape index (κ3) is 4.58. The quantitative estimate of drug-likeness (QED) is 0.153. The Morgan fingerprint density at radius 1 is 0.309 bits per heavy atom. The van der Waals surface area contributed by atoms with E-state index >= 15 is 0 Å². The lowest BCUT2D eigenvalue weighted by Gasteiger charge is -2.54. The summed E-state index contributed by atoms with van der Waals surface area (Å²) in [5.41, 5.74) is 12.4. The van der Waals surface area contributed by atoms with Crippen LogP contribution in [-0.2, 0) is 10.8 Å². The maximum Gasteiger partial charge on any atom is 0.113 e. The van der Waals surface area contributed by atoms with Crippen molar-refractivity contribution in [2.24, 2.45) is 0 Å². The van der Waals surface area contributed by atoms with E-state index < -0.39 is 27.0 Å². The molecule has 0 atom stereocenters. The van der Waals surface area contributed by atoms with Gasteiger partial charge in [-0.3, -0.25) is 0 Å². The molecule has 0 saturated carbocycles. The standard InChI is InChI=1S/C62H46N2S2Si2/c1-67(2)53-33-17-9-25-43(53)61(44-26-10-18-34-54(44)67)47-37-57(63-49-29-13-5-21-39(49)40-22-6-14-30-50(40)63)66-60(47)62(45-27-11-19-35-55(45)68(3,4)56-36-20-12-28-46(56)62)48-38-58(65-59(48)61)64-51-31-15-7-23-41(51)42-24-8-16-32-52(42)64/h5-38H,1-4H3. The lowest BCUT2D eigenvalue weighted by Crippen LogP contribution is -2.66. The molecule has 12 aromatic rings. The van der Waals surface area contributed by atoms with Crippen molar-refractivity contribution in [3.05, 3.63) is 249 Å². The van der Waals surface area contributed by atoms with Gasteiger partial charge in [0.2, 0.25) is 0 Å². The molecule has 0 radical (unpaired) electrons. The first-order chi connectivity index (χ1) is 33.3. The largest absolute Gasteiger partial charge is 0.301 e. The molecule has 2 aliphatic heterocycles. The highest BCUT2D eigenvalue weighted by atomic mass is 32.1. The van der Waals surface area contributed by atoms with E-state index in [2.05, 4.69) is 242 Å². The highest BCUT2D eigenvalue weighted by molar-refractivity contribution is 7.16. The minimum atomic E-state index is -2.20. The van der Waals surface area contributed by atoms with Crippen molar-refractivity contribution in [1.82, 2.24) is 9.13 Å². The van der Waals surface area contributed by atoms with Crippen LogP contribution < -0.4 is 20.7 Å². The van der Waals surface area contributed by atoms with Crippen molar-refractivity contribution in [3.63, 3.8) is 0 Å². The van der Waals surface area contributed by atoms with E-state index in [1.54, 1.807) is 0 Å². The molecule has 8 aromatic carbocycles. The number of fused-ring (bicyclic) bond motifs is 20. The zero-order chi connectivity index (χ0) is 45.3. The van der Waals surface area contributed by atoms with Crippen molar-refractivity contribution in [2.75, 3.05) is 0 Å². The predicted octanol–water partition coefficient (Wildman–Crippen LogP) is 13.4.